The van der Waals surface area contributed by atoms with E-state index in [0.717, 1.165) is 5.56 Å². The van der Waals surface area contributed by atoms with Gasteiger partial charge in [0.15, 0.2) is 0 Å². The van der Waals surface area contributed by atoms with Crippen molar-refractivity contribution >= 4 is 44.8 Å². The fraction of sp³-hybridized carbons (Fsp3) is 0.0714. The summed E-state index contributed by atoms with van der Waals surface area (Å²) in [6.45, 7) is 0. The molecule has 0 aliphatic carbocycles. The van der Waals surface area contributed by atoms with E-state index in [2.05, 4.69) is 21.2 Å². The Morgan fingerprint density at radius 2 is 2.00 bits per heavy atom. The molecular formula is C14H10BrClN2O3. The maximum absolute atomic E-state index is 12.2. The van der Waals surface area contributed by atoms with Crippen molar-refractivity contribution in [3.05, 3.63) is 68.7 Å². The molecule has 0 bridgehead atoms. The number of anilines is 1. The van der Waals surface area contributed by atoms with Gasteiger partial charge in [0, 0.05) is 33.7 Å². The number of non-ortho nitro benzene ring substituents is 1. The van der Waals surface area contributed by atoms with Crippen LogP contribution in [0.1, 0.15) is 15.9 Å². The number of hydrogen-bond acceptors (Lipinski definition) is 3. The second kappa shape index (κ2) is 6.69. The van der Waals surface area contributed by atoms with Crippen molar-refractivity contribution in [3.8, 4) is 0 Å². The van der Waals surface area contributed by atoms with Gasteiger partial charge in [-0.1, -0.05) is 45.7 Å². The van der Waals surface area contributed by atoms with Crippen LogP contribution in [0.3, 0.4) is 0 Å². The first-order chi connectivity index (χ1) is 10.0. The van der Waals surface area contributed by atoms with Crippen molar-refractivity contribution in [2.24, 2.45) is 0 Å². The summed E-state index contributed by atoms with van der Waals surface area (Å²) in [5.41, 5.74) is 1.46. The highest BCUT2D eigenvalue weighted by molar-refractivity contribution is 9.08. The summed E-state index contributed by atoms with van der Waals surface area (Å²) in [6.07, 6.45) is 0. The summed E-state index contributed by atoms with van der Waals surface area (Å²) >= 11 is 9.14. The van der Waals surface area contributed by atoms with Crippen LogP contribution in [0.2, 0.25) is 5.02 Å². The average molecular weight is 370 g/mol. The number of alkyl halides is 1. The lowest BCUT2D eigenvalue weighted by molar-refractivity contribution is -0.384. The van der Waals surface area contributed by atoms with E-state index in [1.165, 1.54) is 18.2 Å². The number of nitrogens with one attached hydrogen (secondary N) is 1. The molecule has 0 saturated heterocycles. The van der Waals surface area contributed by atoms with Crippen LogP contribution in [0.5, 0.6) is 0 Å². The first-order valence-electron chi connectivity index (χ1n) is 5.91. The van der Waals surface area contributed by atoms with Gasteiger partial charge in [-0.05, 0) is 17.7 Å². The highest BCUT2D eigenvalue weighted by Gasteiger charge is 2.15. The van der Waals surface area contributed by atoms with Crippen molar-refractivity contribution in [1.82, 2.24) is 0 Å². The summed E-state index contributed by atoms with van der Waals surface area (Å²) in [6, 6.07) is 11.1. The molecule has 0 atom stereocenters. The van der Waals surface area contributed by atoms with E-state index in [9.17, 15) is 14.9 Å². The first-order valence-corrected chi connectivity index (χ1v) is 7.41. The third kappa shape index (κ3) is 3.80. The highest BCUT2D eigenvalue weighted by Crippen LogP contribution is 2.23. The van der Waals surface area contributed by atoms with Crippen LogP contribution >= 0.6 is 27.5 Å². The number of nitro groups is 1. The Labute approximate surface area is 134 Å². The van der Waals surface area contributed by atoms with Crippen LogP contribution in [0.25, 0.3) is 0 Å². The number of carbonyl (C=O) groups is 1. The maximum atomic E-state index is 12.2. The van der Waals surface area contributed by atoms with E-state index in [4.69, 9.17) is 11.6 Å². The van der Waals surface area contributed by atoms with Crippen LogP contribution in [0.4, 0.5) is 11.4 Å². The van der Waals surface area contributed by atoms with Gasteiger partial charge >= 0.3 is 0 Å². The first kappa shape index (κ1) is 15.5. The summed E-state index contributed by atoms with van der Waals surface area (Å²) in [5, 5.41) is 14.2. The van der Waals surface area contributed by atoms with Gasteiger partial charge < -0.3 is 5.32 Å². The van der Waals surface area contributed by atoms with Crippen LogP contribution in [0.15, 0.2) is 42.5 Å². The molecule has 0 unspecified atom stereocenters. The molecule has 0 aromatic heterocycles. The van der Waals surface area contributed by atoms with Gasteiger partial charge in [-0.15, -0.1) is 0 Å². The lowest BCUT2D eigenvalue weighted by Gasteiger charge is -2.09. The van der Waals surface area contributed by atoms with E-state index < -0.39 is 10.8 Å². The number of amides is 1. The van der Waals surface area contributed by atoms with Gasteiger partial charge in [0.2, 0.25) is 0 Å². The number of benzene rings is 2. The molecule has 2 rings (SSSR count). The molecule has 0 spiro atoms. The molecule has 21 heavy (non-hydrogen) atoms. The Morgan fingerprint density at radius 3 is 2.67 bits per heavy atom. The minimum absolute atomic E-state index is 0.138. The maximum Gasteiger partial charge on any atom is 0.271 e. The van der Waals surface area contributed by atoms with Gasteiger partial charge in [0.05, 0.1) is 4.92 Å². The Hall–Kier alpha value is -1.92. The van der Waals surface area contributed by atoms with Crippen LogP contribution in [-0.2, 0) is 5.33 Å². The van der Waals surface area contributed by atoms with E-state index in [-0.39, 0.29) is 16.3 Å². The molecule has 0 radical (unpaired) electrons. The van der Waals surface area contributed by atoms with Gasteiger partial charge in [-0.25, -0.2) is 0 Å². The van der Waals surface area contributed by atoms with Gasteiger partial charge in [-0.2, -0.15) is 0 Å². The van der Waals surface area contributed by atoms with E-state index >= 15 is 0 Å². The van der Waals surface area contributed by atoms with Crippen LogP contribution in [0, 0.1) is 10.1 Å². The van der Waals surface area contributed by atoms with E-state index in [1.807, 2.05) is 12.1 Å². The zero-order valence-corrected chi connectivity index (χ0v) is 13.0. The van der Waals surface area contributed by atoms with Crippen molar-refractivity contribution in [2.45, 2.75) is 5.33 Å². The lowest BCUT2D eigenvalue weighted by atomic mass is 10.1. The Kier molecular flexibility index (Phi) is 4.93. The zero-order valence-electron chi connectivity index (χ0n) is 10.7. The van der Waals surface area contributed by atoms with Crippen LogP contribution < -0.4 is 5.32 Å². The summed E-state index contributed by atoms with van der Waals surface area (Å²) in [7, 11) is 0. The molecule has 1 N–H and O–H groups in total. The summed E-state index contributed by atoms with van der Waals surface area (Å²) in [5.74, 6) is -0.450. The molecule has 1 amide bonds. The SMILES string of the molecule is O=C(Nc1ccccc1CBr)c1cc(Cl)cc([N+](=O)[O-])c1. The predicted octanol–water partition coefficient (Wildman–Crippen LogP) is 4.40. The number of hydrogen-bond donors (Lipinski definition) is 1. The quantitative estimate of drug-likeness (QED) is 0.493. The monoisotopic (exact) mass is 368 g/mol. The third-order valence-electron chi connectivity index (χ3n) is 2.77. The molecule has 0 heterocycles. The van der Waals surface area contributed by atoms with Gasteiger partial charge in [0.1, 0.15) is 0 Å². The topological polar surface area (TPSA) is 72.2 Å². The zero-order chi connectivity index (χ0) is 15.4. The molecule has 0 saturated carbocycles. The minimum Gasteiger partial charge on any atom is -0.322 e. The molecule has 0 aliphatic heterocycles. The van der Waals surface area contributed by atoms with Gasteiger partial charge in [-0.3, -0.25) is 14.9 Å². The lowest BCUT2D eigenvalue weighted by Crippen LogP contribution is -2.13. The molecule has 108 valence electrons. The average Bonchev–Trinajstić information content (AvgIpc) is 2.47. The van der Waals surface area contributed by atoms with Crippen molar-refractivity contribution in [2.75, 3.05) is 5.32 Å². The Morgan fingerprint density at radius 1 is 1.29 bits per heavy atom. The van der Waals surface area contributed by atoms with E-state index in [0.29, 0.717) is 11.0 Å². The number of nitro benzene ring substituents is 1. The molecule has 7 heteroatoms. The second-order valence-electron chi connectivity index (χ2n) is 4.20. The number of nitrogens with zero attached hydrogens (tertiary/aromatic N) is 1. The largest absolute Gasteiger partial charge is 0.322 e. The predicted molar refractivity (Wildman–Crippen MR) is 85.1 cm³/mol. The van der Waals surface area contributed by atoms with E-state index in [1.54, 1.807) is 12.1 Å². The third-order valence-corrected chi connectivity index (χ3v) is 3.59. The fourth-order valence-electron chi connectivity index (χ4n) is 1.76. The van der Waals surface area contributed by atoms with Crippen LogP contribution in [-0.4, -0.2) is 10.8 Å². The minimum atomic E-state index is -0.588. The standard InChI is InChI=1S/C14H10BrClN2O3/c15-8-9-3-1-2-4-13(9)17-14(19)10-5-11(16)7-12(6-10)18(20)21/h1-7H,8H2,(H,17,19). The molecule has 0 fully saturated rings. The Bertz CT molecular complexity index is 706. The number of halogens is 2. The molecular weight excluding hydrogens is 360 g/mol. The highest BCUT2D eigenvalue weighted by atomic mass is 79.9. The molecule has 2 aromatic carbocycles. The van der Waals surface area contributed by atoms with Gasteiger partial charge in [0.25, 0.3) is 11.6 Å². The second-order valence-corrected chi connectivity index (χ2v) is 5.20. The number of carbonyl (C=O) groups excluding carboxylic acids is 1. The number of para-hydroxylation sites is 1. The summed E-state index contributed by atoms with van der Waals surface area (Å²) in [4.78, 5) is 22.4. The fourth-order valence-corrected chi connectivity index (χ4v) is 2.48. The Balaban J connectivity index is 2.30. The number of rotatable bonds is 4. The van der Waals surface area contributed by atoms with Crippen molar-refractivity contribution in [3.63, 3.8) is 0 Å². The molecule has 0 aliphatic rings. The van der Waals surface area contributed by atoms with Crippen molar-refractivity contribution in [1.29, 1.82) is 0 Å². The molecule has 2 aromatic rings. The molecule has 5 nitrogen and oxygen atoms in total. The van der Waals surface area contributed by atoms with Crippen molar-refractivity contribution < 1.29 is 9.72 Å². The summed E-state index contributed by atoms with van der Waals surface area (Å²) < 4.78 is 0. The smallest absolute Gasteiger partial charge is 0.271 e. The normalized spacial score (nSPS) is 10.2.